The van der Waals surface area contributed by atoms with Crippen molar-refractivity contribution in [3.8, 4) is 28.4 Å². The number of carbonyl (C=O) groups is 1. The summed E-state index contributed by atoms with van der Waals surface area (Å²) in [6, 6.07) is 9.53. The van der Waals surface area contributed by atoms with Gasteiger partial charge in [0.2, 0.25) is 0 Å². The number of benzene rings is 2. The molecule has 1 atom stereocenters. The van der Waals surface area contributed by atoms with E-state index in [-0.39, 0.29) is 12.0 Å². The van der Waals surface area contributed by atoms with Gasteiger partial charge >= 0.3 is 0 Å². The van der Waals surface area contributed by atoms with Gasteiger partial charge in [0.1, 0.15) is 28.2 Å². The molecule has 150 valence electrons. The van der Waals surface area contributed by atoms with Crippen LogP contribution in [0.25, 0.3) is 11.1 Å². The van der Waals surface area contributed by atoms with Crippen LogP contribution in [0.5, 0.6) is 17.2 Å². The highest BCUT2D eigenvalue weighted by molar-refractivity contribution is 7.11. The van der Waals surface area contributed by atoms with Crippen LogP contribution in [-0.2, 0) is 6.42 Å². The molecule has 1 aliphatic heterocycles. The summed E-state index contributed by atoms with van der Waals surface area (Å²) in [5, 5.41) is 3.41. The Bertz CT molecular complexity index is 1040. The van der Waals surface area contributed by atoms with Crippen molar-refractivity contribution in [2.24, 2.45) is 0 Å². The molecule has 1 aromatic heterocycles. The Morgan fingerprint density at radius 1 is 1.31 bits per heavy atom. The standard InChI is InChI=1S/C21H19ClN2O4S/c1-26-14-3-4-18(27-2)16(8-14)12-5-13-6-15(28-20(13)17(22)7-12)9-24-21(25)19-10-23-11-29-19/h3-5,7-8,10-11,15H,6,9H2,1-2H3,(H,24,25). The van der Waals surface area contributed by atoms with Crippen LogP contribution >= 0.6 is 22.9 Å². The SMILES string of the molecule is COc1ccc(OC)c(-c2cc(Cl)c3c(c2)CC(CNC(=O)c2cncs2)O3)c1. The molecule has 3 aromatic rings. The minimum absolute atomic E-state index is 0.153. The van der Waals surface area contributed by atoms with Gasteiger partial charge in [0.15, 0.2) is 0 Å². The Morgan fingerprint density at radius 2 is 2.17 bits per heavy atom. The van der Waals surface area contributed by atoms with Gasteiger partial charge in [-0.3, -0.25) is 9.78 Å². The zero-order chi connectivity index (χ0) is 20.4. The normalized spacial score (nSPS) is 14.8. The van der Waals surface area contributed by atoms with Crippen LogP contribution < -0.4 is 19.5 Å². The third-order valence-electron chi connectivity index (χ3n) is 4.72. The maximum absolute atomic E-state index is 12.1. The van der Waals surface area contributed by atoms with Crippen molar-refractivity contribution in [2.45, 2.75) is 12.5 Å². The molecule has 1 unspecified atom stereocenters. The Morgan fingerprint density at radius 3 is 2.90 bits per heavy atom. The second-order valence-electron chi connectivity index (χ2n) is 6.53. The van der Waals surface area contributed by atoms with E-state index in [4.69, 9.17) is 25.8 Å². The van der Waals surface area contributed by atoms with E-state index < -0.39 is 0 Å². The van der Waals surface area contributed by atoms with Gasteiger partial charge < -0.3 is 19.5 Å². The highest BCUT2D eigenvalue weighted by Crippen LogP contribution is 2.42. The van der Waals surface area contributed by atoms with Crippen LogP contribution in [0.3, 0.4) is 0 Å². The molecule has 6 nitrogen and oxygen atoms in total. The fourth-order valence-corrected chi connectivity index (χ4v) is 4.14. The highest BCUT2D eigenvalue weighted by Gasteiger charge is 2.27. The van der Waals surface area contributed by atoms with Crippen LogP contribution in [0.1, 0.15) is 15.2 Å². The van der Waals surface area contributed by atoms with E-state index >= 15 is 0 Å². The van der Waals surface area contributed by atoms with Crippen LogP contribution in [0.4, 0.5) is 0 Å². The largest absolute Gasteiger partial charge is 0.497 e. The average Bonchev–Trinajstić information content (AvgIpc) is 3.41. The van der Waals surface area contributed by atoms with Gasteiger partial charge in [-0.15, -0.1) is 11.3 Å². The lowest BCUT2D eigenvalue weighted by molar-refractivity contribution is 0.0937. The molecule has 0 radical (unpaired) electrons. The quantitative estimate of drug-likeness (QED) is 0.634. The molecule has 8 heteroatoms. The highest BCUT2D eigenvalue weighted by atomic mass is 35.5. The number of ether oxygens (including phenoxy) is 3. The van der Waals surface area contributed by atoms with Gasteiger partial charge in [-0.05, 0) is 35.9 Å². The molecule has 0 spiro atoms. The summed E-state index contributed by atoms with van der Waals surface area (Å²) >= 11 is 7.81. The predicted octanol–water partition coefficient (Wildman–Crippen LogP) is 4.21. The number of methoxy groups -OCH3 is 2. The molecule has 2 aromatic carbocycles. The van der Waals surface area contributed by atoms with Gasteiger partial charge in [-0.2, -0.15) is 0 Å². The minimum atomic E-state index is -0.179. The molecule has 1 N–H and O–H groups in total. The lowest BCUT2D eigenvalue weighted by Gasteiger charge is -2.13. The zero-order valence-corrected chi connectivity index (χ0v) is 17.5. The van der Waals surface area contributed by atoms with Gasteiger partial charge in [0.05, 0.1) is 37.5 Å². The fraction of sp³-hybridized carbons (Fsp3) is 0.238. The average molecular weight is 431 g/mol. The van der Waals surface area contributed by atoms with Crippen molar-refractivity contribution >= 4 is 28.8 Å². The number of halogens is 1. The molecule has 0 bridgehead atoms. The van der Waals surface area contributed by atoms with E-state index in [1.807, 2.05) is 30.3 Å². The van der Waals surface area contributed by atoms with Crippen LogP contribution in [0.15, 0.2) is 42.0 Å². The monoisotopic (exact) mass is 430 g/mol. The summed E-state index contributed by atoms with van der Waals surface area (Å²) in [4.78, 5) is 16.6. The van der Waals surface area contributed by atoms with Gasteiger partial charge in [-0.1, -0.05) is 11.6 Å². The van der Waals surface area contributed by atoms with Crippen molar-refractivity contribution in [3.05, 3.63) is 57.5 Å². The van der Waals surface area contributed by atoms with Crippen molar-refractivity contribution in [2.75, 3.05) is 20.8 Å². The van der Waals surface area contributed by atoms with E-state index in [9.17, 15) is 4.79 Å². The molecule has 29 heavy (non-hydrogen) atoms. The summed E-state index contributed by atoms with van der Waals surface area (Å²) in [7, 11) is 3.26. The number of nitrogens with one attached hydrogen (secondary N) is 1. The first-order valence-corrected chi connectivity index (χ1v) is 10.2. The fourth-order valence-electron chi connectivity index (χ4n) is 3.32. The van der Waals surface area contributed by atoms with E-state index in [0.29, 0.717) is 28.6 Å². The second kappa shape index (κ2) is 8.31. The van der Waals surface area contributed by atoms with Crippen LogP contribution in [-0.4, -0.2) is 37.8 Å². The summed E-state index contributed by atoms with van der Waals surface area (Å²) in [5.74, 6) is 1.97. The van der Waals surface area contributed by atoms with Crippen LogP contribution in [0.2, 0.25) is 5.02 Å². The first-order valence-electron chi connectivity index (χ1n) is 8.97. The molecule has 4 rings (SSSR count). The molecule has 0 aliphatic carbocycles. The topological polar surface area (TPSA) is 69.7 Å². The first-order chi connectivity index (χ1) is 14.1. The summed E-state index contributed by atoms with van der Waals surface area (Å²) in [6.45, 7) is 0.388. The number of aromatic nitrogens is 1. The van der Waals surface area contributed by atoms with E-state index in [1.54, 1.807) is 25.9 Å². The molecule has 0 saturated carbocycles. The van der Waals surface area contributed by atoms with Crippen molar-refractivity contribution in [1.29, 1.82) is 0 Å². The van der Waals surface area contributed by atoms with Gasteiger partial charge in [0.25, 0.3) is 5.91 Å². The van der Waals surface area contributed by atoms with Crippen molar-refractivity contribution in [3.63, 3.8) is 0 Å². The second-order valence-corrected chi connectivity index (χ2v) is 7.83. The maximum atomic E-state index is 12.1. The Balaban J connectivity index is 1.54. The minimum Gasteiger partial charge on any atom is -0.497 e. The predicted molar refractivity (Wildman–Crippen MR) is 113 cm³/mol. The molecule has 0 saturated heterocycles. The third-order valence-corrected chi connectivity index (χ3v) is 5.77. The molecular weight excluding hydrogens is 412 g/mol. The molecular formula is C21H19ClN2O4S. The van der Waals surface area contributed by atoms with Gasteiger partial charge in [0, 0.05) is 17.5 Å². The number of fused-ring (bicyclic) bond motifs is 1. The Kier molecular flexibility index (Phi) is 5.60. The zero-order valence-electron chi connectivity index (χ0n) is 15.9. The smallest absolute Gasteiger partial charge is 0.263 e. The molecule has 2 heterocycles. The summed E-state index contributed by atoms with van der Waals surface area (Å²) in [6.07, 6.45) is 2.02. The lowest BCUT2D eigenvalue weighted by atomic mass is 9.99. The summed E-state index contributed by atoms with van der Waals surface area (Å²) in [5.41, 5.74) is 4.43. The first kappa shape index (κ1) is 19.5. The van der Waals surface area contributed by atoms with Gasteiger partial charge in [-0.25, -0.2) is 0 Å². The summed E-state index contributed by atoms with van der Waals surface area (Å²) < 4.78 is 16.8. The number of rotatable bonds is 6. The number of thiazole rings is 1. The third kappa shape index (κ3) is 4.02. The molecule has 1 aliphatic rings. The molecule has 0 fully saturated rings. The lowest BCUT2D eigenvalue weighted by Crippen LogP contribution is -2.34. The number of nitrogens with zero attached hydrogens (tertiary/aromatic N) is 1. The Labute approximate surface area is 177 Å². The maximum Gasteiger partial charge on any atom is 0.263 e. The van der Waals surface area contributed by atoms with Crippen molar-refractivity contribution < 1.29 is 19.0 Å². The van der Waals surface area contributed by atoms with Crippen LogP contribution in [0, 0.1) is 0 Å². The van der Waals surface area contributed by atoms with E-state index in [0.717, 1.165) is 28.2 Å². The number of amides is 1. The van der Waals surface area contributed by atoms with E-state index in [2.05, 4.69) is 10.3 Å². The number of carbonyl (C=O) groups excluding carboxylic acids is 1. The number of hydrogen-bond donors (Lipinski definition) is 1. The van der Waals surface area contributed by atoms with E-state index in [1.165, 1.54) is 11.3 Å². The van der Waals surface area contributed by atoms with Crippen molar-refractivity contribution in [1.82, 2.24) is 10.3 Å². The number of hydrogen-bond acceptors (Lipinski definition) is 6. The Hall–Kier alpha value is -2.77. The molecule has 1 amide bonds.